The zero-order valence-electron chi connectivity index (χ0n) is 24.4. The normalized spacial score (nSPS) is 39.1. The van der Waals surface area contributed by atoms with Crippen LogP contribution in [-0.4, -0.2) is 20.9 Å². The Morgan fingerprint density at radius 1 is 0.757 bits per heavy atom. The topological polar surface area (TPSA) is 0 Å². The van der Waals surface area contributed by atoms with Crippen LogP contribution >= 0.6 is 23.8 Å². The van der Waals surface area contributed by atoms with Crippen LogP contribution in [0, 0.1) is 27.8 Å². The fraction of sp³-hybridized carbons (Fsp3) is 0.588. The minimum absolute atomic E-state index is 0.0394. The van der Waals surface area contributed by atoms with Gasteiger partial charge >= 0.3 is 0 Å². The molecule has 4 fully saturated rings. The van der Waals surface area contributed by atoms with Crippen molar-refractivity contribution in [1.29, 1.82) is 0 Å². The summed E-state index contributed by atoms with van der Waals surface area (Å²) >= 11 is 0. The molecule has 0 nitrogen and oxygen atoms in total. The minimum atomic E-state index is -0.443. The van der Waals surface area contributed by atoms with E-state index in [1.807, 2.05) is 0 Å². The van der Waals surface area contributed by atoms with E-state index in [1.54, 1.807) is 5.56 Å². The lowest BCUT2D eigenvalue weighted by Crippen LogP contribution is -2.41. The van der Waals surface area contributed by atoms with Crippen LogP contribution in [-0.2, 0) is 5.16 Å². The molecule has 0 saturated carbocycles. The zero-order chi connectivity index (χ0) is 26.6. The summed E-state index contributed by atoms with van der Waals surface area (Å²) in [6.07, 6.45) is 3.81. The fourth-order valence-electron chi connectivity index (χ4n) is 8.67. The van der Waals surface area contributed by atoms with Crippen molar-refractivity contribution in [1.82, 2.24) is 0 Å². The van der Waals surface area contributed by atoms with Crippen molar-refractivity contribution < 1.29 is 0 Å². The average molecular weight is 547 g/mol. The van der Waals surface area contributed by atoms with Gasteiger partial charge in [0.05, 0.1) is 0 Å². The van der Waals surface area contributed by atoms with E-state index in [4.69, 9.17) is 0 Å². The van der Waals surface area contributed by atoms with Gasteiger partial charge in [0.2, 0.25) is 0 Å². The predicted octanol–water partition coefficient (Wildman–Crippen LogP) is 10.8. The fourth-order valence-corrected chi connectivity index (χ4v) is 32.1. The summed E-state index contributed by atoms with van der Waals surface area (Å²) in [6, 6.07) is 22.8. The summed E-state index contributed by atoms with van der Waals surface area (Å²) in [5.41, 5.74) is 9.03. The maximum Gasteiger partial charge on any atom is 0.0434 e. The van der Waals surface area contributed by atoms with Crippen LogP contribution in [0.25, 0.3) is 0 Å². The van der Waals surface area contributed by atoms with Crippen LogP contribution in [0.2, 0.25) is 0 Å². The molecule has 0 bridgehead atoms. The first kappa shape index (κ1) is 26.5. The molecular weight excluding hydrogens is 501 g/mol. The van der Waals surface area contributed by atoms with Crippen LogP contribution in [0.1, 0.15) is 92.7 Å². The monoisotopic (exact) mass is 546 g/mol. The molecule has 0 radical (unpaired) electrons. The van der Waals surface area contributed by atoms with Crippen molar-refractivity contribution in [3.8, 4) is 11.6 Å². The van der Waals surface area contributed by atoms with Gasteiger partial charge in [-0.05, 0) is 54.7 Å². The molecule has 2 aromatic rings. The van der Waals surface area contributed by atoms with E-state index in [0.717, 1.165) is 11.1 Å². The van der Waals surface area contributed by atoms with E-state index in [2.05, 4.69) is 135 Å². The molecule has 196 valence electrons. The lowest BCUT2D eigenvalue weighted by Gasteiger charge is -2.53. The summed E-state index contributed by atoms with van der Waals surface area (Å²) in [6.45, 7) is 23.2. The highest BCUT2D eigenvalue weighted by Crippen LogP contribution is 3.28. The Morgan fingerprint density at radius 3 is 1.86 bits per heavy atom. The Balaban J connectivity index is 1.68. The van der Waals surface area contributed by atoms with E-state index in [0.29, 0.717) is 31.2 Å². The molecule has 4 saturated heterocycles. The molecule has 0 spiro atoms. The van der Waals surface area contributed by atoms with Crippen molar-refractivity contribution in [2.75, 3.05) is 0 Å². The van der Waals surface area contributed by atoms with E-state index in [9.17, 15) is 0 Å². The van der Waals surface area contributed by atoms with Gasteiger partial charge in [-0.2, -0.15) is 0 Å². The van der Waals surface area contributed by atoms with Crippen molar-refractivity contribution in [2.45, 2.75) is 108 Å². The SMILES string of the molecule is CCC(C)(C)[C@H]1P2[C@@H]3[C@@]2(C(C)(C)CC)[P@](C#Cc2ccccc2)[C@]2(C(C)(C)CC)P1[C@]32c1ccccc1. The van der Waals surface area contributed by atoms with Crippen LogP contribution in [0.5, 0.6) is 0 Å². The molecule has 3 heteroatoms. The number of benzene rings is 2. The first-order chi connectivity index (χ1) is 17.5. The molecule has 2 unspecified atom stereocenters. The van der Waals surface area contributed by atoms with Gasteiger partial charge in [0.15, 0.2) is 0 Å². The largest absolute Gasteiger partial charge is 0.0796 e. The summed E-state index contributed by atoms with van der Waals surface area (Å²) in [5.74, 6) is 3.82. The van der Waals surface area contributed by atoms with E-state index in [-0.39, 0.29) is 15.8 Å². The van der Waals surface area contributed by atoms with E-state index in [1.165, 1.54) is 24.8 Å². The van der Waals surface area contributed by atoms with Crippen molar-refractivity contribution >= 4 is 23.8 Å². The summed E-state index contributed by atoms with van der Waals surface area (Å²) in [5, 5.41) is 1.30. The second-order valence-corrected chi connectivity index (χ2v) is 22.4. The summed E-state index contributed by atoms with van der Waals surface area (Å²) < 4.78 is 0. The Kier molecular flexibility index (Phi) is 5.85. The molecular formula is C34H45P3. The second kappa shape index (κ2) is 8.16. The van der Waals surface area contributed by atoms with Gasteiger partial charge in [-0.25, -0.2) is 0 Å². The van der Waals surface area contributed by atoms with Crippen molar-refractivity contribution in [2.24, 2.45) is 16.2 Å². The summed E-state index contributed by atoms with van der Waals surface area (Å²) in [7, 11) is -0.611. The van der Waals surface area contributed by atoms with Crippen LogP contribution < -0.4 is 0 Å². The van der Waals surface area contributed by atoms with Gasteiger partial charge in [-0.1, -0.05) is 145 Å². The van der Waals surface area contributed by atoms with Crippen molar-refractivity contribution in [3.05, 3.63) is 71.8 Å². The third-order valence-corrected chi connectivity index (χ3v) is 27.6. The number of hydrogen-bond acceptors (Lipinski definition) is 0. The lowest BCUT2D eigenvalue weighted by molar-refractivity contribution is 0.302. The zero-order valence-corrected chi connectivity index (χ0v) is 27.1. The van der Waals surface area contributed by atoms with Crippen LogP contribution in [0.3, 0.4) is 0 Å². The molecule has 4 heterocycles. The van der Waals surface area contributed by atoms with Gasteiger partial charge in [-0.15, -0.1) is 0 Å². The number of rotatable bonds is 7. The average Bonchev–Trinajstić information content (AvgIpc) is 3.71. The quantitative estimate of drug-likeness (QED) is 0.239. The van der Waals surface area contributed by atoms with Gasteiger partial charge in [0.1, 0.15) is 0 Å². The van der Waals surface area contributed by atoms with E-state index >= 15 is 0 Å². The highest BCUT2D eigenvalue weighted by atomic mass is 31.2. The first-order valence-electron chi connectivity index (χ1n) is 14.5. The molecule has 8 atom stereocenters. The lowest BCUT2D eigenvalue weighted by atomic mass is 9.74. The summed E-state index contributed by atoms with van der Waals surface area (Å²) in [4.78, 5) is 0.804. The number of hydrogen-bond donors (Lipinski definition) is 0. The molecule has 0 aliphatic carbocycles. The van der Waals surface area contributed by atoms with E-state index < -0.39 is 7.92 Å². The second-order valence-electron chi connectivity index (χ2n) is 13.8. The third kappa shape index (κ3) is 2.80. The smallest absolute Gasteiger partial charge is 0.0434 e. The third-order valence-electron chi connectivity index (χ3n) is 11.4. The molecule has 2 aromatic carbocycles. The van der Waals surface area contributed by atoms with Crippen LogP contribution in [0.15, 0.2) is 60.7 Å². The molecule has 0 amide bonds. The first-order valence-corrected chi connectivity index (χ1v) is 18.7. The van der Waals surface area contributed by atoms with Crippen LogP contribution in [0.4, 0.5) is 0 Å². The molecule has 4 aliphatic rings. The Hall–Kier alpha value is -0.710. The molecule has 0 N–H and O–H groups in total. The molecule has 6 rings (SSSR count). The number of fused-ring (bicyclic) bond motifs is 2. The van der Waals surface area contributed by atoms with Gasteiger partial charge in [0.25, 0.3) is 0 Å². The Morgan fingerprint density at radius 2 is 1.32 bits per heavy atom. The molecule has 0 aromatic heterocycles. The highest BCUT2D eigenvalue weighted by molar-refractivity contribution is 8.09. The Labute approximate surface area is 230 Å². The van der Waals surface area contributed by atoms with Gasteiger partial charge < -0.3 is 0 Å². The van der Waals surface area contributed by atoms with Gasteiger partial charge in [0, 0.05) is 31.6 Å². The van der Waals surface area contributed by atoms with Gasteiger partial charge in [-0.3, -0.25) is 0 Å². The molecule has 37 heavy (non-hydrogen) atoms. The predicted molar refractivity (Wildman–Crippen MR) is 167 cm³/mol. The Bertz CT molecular complexity index is 1270. The molecule has 4 aliphatic heterocycles. The minimum Gasteiger partial charge on any atom is -0.0796 e. The standard InChI is InChI=1S/C34H45P3/c1-10-29(4,5)28-36-27-32(26-21-17-14-18-22-26)34(37(28)32,31(8,9)12-3)35(33(27,36)30(6,7)11-2)24-23-25-19-15-13-16-20-25/h13-22,27-28H,10-12H2,1-9H3/t27-,28-,32+,33+,34+,35-,36?,37?/m0/s1. The van der Waals surface area contributed by atoms with Crippen molar-refractivity contribution in [3.63, 3.8) is 0 Å². The highest BCUT2D eigenvalue weighted by Gasteiger charge is 3.09. The maximum absolute atomic E-state index is 4.24. The maximum atomic E-state index is 4.24.